The molecule has 2 aliphatic rings. The molecule has 2 saturated carbocycles. The largest absolute Gasteiger partial charge is 0.195 e. The van der Waals surface area contributed by atoms with Gasteiger partial charge in [0, 0.05) is 0 Å². The van der Waals surface area contributed by atoms with Crippen molar-refractivity contribution in [2.24, 2.45) is 16.8 Å². The fourth-order valence-electron chi connectivity index (χ4n) is 6.45. The van der Waals surface area contributed by atoms with Crippen LogP contribution in [-0.2, 0) is 0 Å². The lowest BCUT2D eigenvalue weighted by molar-refractivity contribution is 0.290. The molecular formula is C31H41NS. The average Bonchev–Trinajstić information content (AvgIpc) is 2.88. The van der Waals surface area contributed by atoms with Crippen molar-refractivity contribution in [2.75, 3.05) is 0 Å². The molecule has 2 aromatic carbocycles. The second-order valence-corrected chi connectivity index (χ2v) is 10.9. The molecule has 1 atom stereocenters. The Hall–Kier alpha value is -1.76. The normalized spacial score (nSPS) is 26.4. The first-order chi connectivity index (χ1) is 16.2. The van der Waals surface area contributed by atoms with E-state index >= 15 is 0 Å². The standard InChI is InChI=1S/C31H41NS/c1-3-4-5-24-6-8-27(9-7-24)28-14-10-25(11-15-28)23(2)26-12-16-29(17-13-26)30-18-20-31(21-19-30)32-22-33/h10-11,14-15,18-21,23-24,26-27,29H,3-9,12-13,16-17H2,1-2H3. The van der Waals surface area contributed by atoms with Crippen molar-refractivity contribution in [2.45, 2.75) is 102 Å². The summed E-state index contributed by atoms with van der Waals surface area (Å²) < 4.78 is 0. The molecule has 1 nitrogen and oxygen atoms in total. The van der Waals surface area contributed by atoms with Gasteiger partial charge >= 0.3 is 0 Å². The number of benzene rings is 2. The predicted molar refractivity (Wildman–Crippen MR) is 145 cm³/mol. The molecule has 2 fully saturated rings. The minimum absolute atomic E-state index is 0.657. The minimum Gasteiger partial charge on any atom is -0.195 e. The average molecular weight is 460 g/mol. The van der Waals surface area contributed by atoms with Crippen LogP contribution in [0.3, 0.4) is 0 Å². The van der Waals surface area contributed by atoms with Crippen LogP contribution < -0.4 is 0 Å². The Morgan fingerprint density at radius 3 is 1.91 bits per heavy atom. The van der Waals surface area contributed by atoms with Crippen molar-refractivity contribution in [3.8, 4) is 0 Å². The van der Waals surface area contributed by atoms with E-state index in [-0.39, 0.29) is 0 Å². The summed E-state index contributed by atoms with van der Waals surface area (Å²) >= 11 is 4.71. The van der Waals surface area contributed by atoms with Gasteiger partial charge in [-0.15, -0.1) is 0 Å². The summed E-state index contributed by atoms with van der Waals surface area (Å²) in [7, 11) is 0. The lowest BCUT2D eigenvalue weighted by Gasteiger charge is -2.33. The van der Waals surface area contributed by atoms with E-state index in [0.717, 1.165) is 23.4 Å². The lowest BCUT2D eigenvalue weighted by Crippen LogP contribution is -2.18. The second kappa shape index (κ2) is 12.1. The van der Waals surface area contributed by atoms with Crippen LogP contribution in [0.2, 0.25) is 0 Å². The number of isothiocyanates is 1. The molecule has 0 aromatic heterocycles. The quantitative estimate of drug-likeness (QED) is 0.282. The number of thiocarbonyl (C=S) groups is 1. The van der Waals surface area contributed by atoms with Crippen LogP contribution in [0.25, 0.3) is 0 Å². The fourth-order valence-corrected chi connectivity index (χ4v) is 6.55. The highest BCUT2D eigenvalue weighted by Crippen LogP contribution is 2.43. The number of rotatable bonds is 8. The van der Waals surface area contributed by atoms with Gasteiger partial charge in [-0.2, -0.15) is 4.99 Å². The van der Waals surface area contributed by atoms with E-state index in [1.165, 1.54) is 76.2 Å². The Morgan fingerprint density at radius 1 is 0.818 bits per heavy atom. The number of hydrogen-bond donors (Lipinski definition) is 0. The maximum Gasteiger partial charge on any atom is 0.0739 e. The van der Waals surface area contributed by atoms with Crippen molar-refractivity contribution in [1.29, 1.82) is 0 Å². The molecular weight excluding hydrogens is 418 g/mol. The molecule has 176 valence electrons. The first-order valence-corrected chi connectivity index (χ1v) is 13.9. The van der Waals surface area contributed by atoms with Crippen molar-refractivity contribution in [3.63, 3.8) is 0 Å². The van der Waals surface area contributed by atoms with Gasteiger partial charge in [-0.05, 0) is 122 Å². The van der Waals surface area contributed by atoms with Crippen molar-refractivity contribution < 1.29 is 0 Å². The van der Waals surface area contributed by atoms with Gasteiger partial charge in [0.15, 0.2) is 0 Å². The zero-order valence-corrected chi connectivity index (χ0v) is 21.5. The van der Waals surface area contributed by atoms with Gasteiger partial charge in [0.2, 0.25) is 0 Å². The zero-order valence-electron chi connectivity index (χ0n) is 20.6. The molecule has 2 aromatic rings. The summed E-state index contributed by atoms with van der Waals surface area (Å²) in [6, 6.07) is 18.4. The number of unbranched alkanes of at least 4 members (excludes halogenated alkanes) is 1. The smallest absolute Gasteiger partial charge is 0.0739 e. The van der Waals surface area contributed by atoms with Gasteiger partial charge in [0.05, 0.1) is 10.8 Å². The van der Waals surface area contributed by atoms with Crippen LogP contribution in [0.4, 0.5) is 5.69 Å². The third kappa shape index (κ3) is 6.43. The van der Waals surface area contributed by atoms with E-state index in [9.17, 15) is 0 Å². The van der Waals surface area contributed by atoms with Gasteiger partial charge in [-0.1, -0.05) is 69.5 Å². The van der Waals surface area contributed by atoms with Gasteiger partial charge < -0.3 is 0 Å². The highest BCUT2D eigenvalue weighted by atomic mass is 32.1. The van der Waals surface area contributed by atoms with Gasteiger partial charge in [0.25, 0.3) is 0 Å². The van der Waals surface area contributed by atoms with Crippen molar-refractivity contribution >= 4 is 23.1 Å². The van der Waals surface area contributed by atoms with Gasteiger partial charge in [-0.25, -0.2) is 0 Å². The topological polar surface area (TPSA) is 12.4 Å². The predicted octanol–water partition coefficient (Wildman–Crippen LogP) is 9.96. The summed E-state index contributed by atoms with van der Waals surface area (Å²) in [6.45, 7) is 4.77. The lowest BCUT2D eigenvalue weighted by atomic mass is 9.72. The van der Waals surface area contributed by atoms with Crippen LogP contribution >= 0.6 is 12.2 Å². The molecule has 0 bridgehead atoms. The Kier molecular flexibility index (Phi) is 8.93. The van der Waals surface area contributed by atoms with E-state index in [2.05, 4.69) is 72.5 Å². The second-order valence-electron chi connectivity index (χ2n) is 10.7. The first-order valence-electron chi connectivity index (χ1n) is 13.5. The monoisotopic (exact) mass is 459 g/mol. The van der Waals surface area contributed by atoms with E-state index in [4.69, 9.17) is 12.2 Å². The van der Waals surface area contributed by atoms with Crippen LogP contribution in [0.1, 0.15) is 119 Å². The molecule has 1 unspecified atom stereocenters. The molecule has 0 radical (unpaired) electrons. The van der Waals surface area contributed by atoms with Crippen LogP contribution in [0, 0.1) is 11.8 Å². The number of nitrogens with zero attached hydrogens (tertiary/aromatic N) is 1. The summed E-state index contributed by atoms with van der Waals surface area (Å²) in [5.41, 5.74) is 5.49. The maximum atomic E-state index is 4.71. The minimum atomic E-state index is 0.657. The first kappa shape index (κ1) is 24.4. The SMILES string of the molecule is CCCCC1CCC(c2ccc(C(C)C3CCC(c4ccc(N=C=S)cc4)CC3)cc2)CC1. The number of hydrogen-bond acceptors (Lipinski definition) is 2. The molecule has 0 aliphatic heterocycles. The molecule has 0 saturated heterocycles. The van der Waals surface area contributed by atoms with E-state index < -0.39 is 0 Å². The van der Waals surface area contributed by atoms with E-state index in [0.29, 0.717) is 11.8 Å². The summed E-state index contributed by atoms with van der Waals surface area (Å²) in [5, 5.41) is 2.46. The molecule has 0 amide bonds. The summed E-state index contributed by atoms with van der Waals surface area (Å²) in [5.74, 6) is 3.94. The molecule has 33 heavy (non-hydrogen) atoms. The Balaban J connectivity index is 1.27. The maximum absolute atomic E-state index is 4.71. The Morgan fingerprint density at radius 2 is 1.36 bits per heavy atom. The highest BCUT2D eigenvalue weighted by molar-refractivity contribution is 7.78. The molecule has 0 heterocycles. The zero-order chi connectivity index (χ0) is 23.0. The summed E-state index contributed by atoms with van der Waals surface area (Å²) in [6.07, 6.45) is 15.1. The van der Waals surface area contributed by atoms with Crippen molar-refractivity contribution in [1.82, 2.24) is 0 Å². The molecule has 4 rings (SSSR count). The van der Waals surface area contributed by atoms with Crippen LogP contribution in [0.15, 0.2) is 53.5 Å². The Bertz CT molecular complexity index is 893. The molecule has 0 N–H and O–H groups in total. The number of aliphatic imine (C=N–C) groups is 1. The molecule has 0 spiro atoms. The van der Waals surface area contributed by atoms with E-state index in [1.54, 1.807) is 11.1 Å². The summed E-state index contributed by atoms with van der Waals surface area (Å²) in [4.78, 5) is 4.08. The van der Waals surface area contributed by atoms with Gasteiger partial charge in [-0.3, -0.25) is 0 Å². The van der Waals surface area contributed by atoms with Crippen LogP contribution in [-0.4, -0.2) is 5.16 Å². The molecule has 2 heteroatoms. The highest BCUT2D eigenvalue weighted by Gasteiger charge is 2.27. The third-order valence-electron chi connectivity index (χ3n) is 8.76. The third-order valence-corrected chi connectivity index (χ3v) is 8.86. The fraction of sp³-hybridized carbons (Fsp3) is 0.581. The van der Waals surface area contributed by atoms with Gasteiger partial charge in [0.1, 0.15) is 0 Å². The van der Waals surface area contributed by atoms with E-state index in [1.807, 2.05) is 0 Å². The Labute approximate surface area is 207 Å². The molecule has 2 aliphatic carbocycles. The van der Waals surface area contributed by atoms with Crippen molar-refractivity contribution in [3.05, 3.63) is 65.2 Å². The van der Waals surface area contributed by atoms with Crippen LogP contribution in [0.5, 0.6) is 0 Å².